The van der Waals surface area contributed by atoms with Gasteiger partial charge in [-0.05, 0) is 62.4 Å². The molecular weight excluding hydrogens is 368 g/mol. The van der Waals surface area contributed by atoms with Crippen LogP contribution in [0.3, 0.4) is 0 Å². The van der Waals surface area contributed by atoms with Gasteiger partial charge in [0.2, 0.25) is 0 Å². The summed E-state index contributed by atoms with van der Waals surface area (Å²) in [5.41, 5.74) is 2.72. The lowest BCUT2D eigenvalue weighted by molar-refractivity contribution is 0.0618. The molecule has 0 radical (unpaired) electrons. The van der Waals surface area contributed by atoms with Crippen molar-refractivity contribution in [1.29, 1.82) is 0 Å². The van der Waals surface area contributed by atoms with Crippen LogP contribution in [0.4, 0.5) is 0 Å². The Morgan fingerprint density at radius 1 is 1.21 bits per heavy atom. The third-order valence-electron chi connectivity index (χ3n) is 6.32. The molecule has 29 heavy (non-hydrogen) atoms. The summed E-state index contributed by atoms with van der Waals surface area (Å²) >= 11 is 0. The number of ether oxygens (including phenoxy) is 2. The molecule has 3 fully saturated rings. The maximum atomic E-state index is 13.2. The van der Waals surface area contributed by atoms with Crippen LogP contribution in [0.5, 0.6) is 0 Å². The van der Waals surface area contributed by atoms with Crippen molar-refractivity contribution in [3.8, 4) is 0 Å². The van der Waals surface area contributed by atoms with Gasteiger partial charge in [-0.1, -0.05) is 6.07 Å². The summed E-state index contributed by atoms with van der Waals surface area (Å²) in [4.78, 5) is 15.7. The predicted octanol–water partition coefficient (Wildman–Crippen LogP) is 2.09. The molecule has 3 aliphatic rings. The minimum Gasteiger partial charge on any atom is -0.385 e. The molecule has 1 aromatic carbocycles. The van der Waals surface area contributed by atoms with E-state index >= 15 is 0 Å². The van der Waals surface area contributed by atoms with Crippen LogP contribution in [-0.2, 0) is 22.4 Å². The number of hydrogen-bond acceptors (Lipinski definition) is 5. The van der Waals surface area contributed by atoms with Gasteiger partial charge in [-0.25, -0.2) is 0 Å². The van der Waals surface area contributed by atoms with Crippen molar-refractivity contribution in [3.05, 3.63) is 29.5 Å². The molecule has 1 atom stereocenters. The summed E-state index contributed by atoms with van der Waals surface area (Å²) in [6.07, 6.45) is 4.24. The molecule has 0 saturated carbocycles. The summed E-state index contributed by atoms with van der Waals surface area (Å²) in [6.45, 7) is 5.21. The lowest BCUT2D eigenvalue weighted by atomic mass is 9.84. The topological polar surface area (TPSA) is 68.6 Å². The van der Waals surface area contributed by atoms with Crippen LogP contribution in [0.25, 0.3) is 10.9 Å². The summed E-state index contributed by atoms with van der Waals surface area (Å²) in [7, 11) is 3.40. The number of aromatic nitrogens is 2. The van der Waals surface area contributed by atoms with Crippen LogP contribution < -0.4 is 5.32 Å². The first-order valence-electron chi connectivity index (χ1n) is 10.7. The van der Waals surface area contributed by atoms with E-state index in [0.29, 0.717) is 24.8 Å². The molecule has 1 N–H and O–H groups in total. The van der Waals surface area contributed by atoms with E-state index in [9.17, 15) is 4.79 Å². The van der Waals surface area contributed by atoms with Gasteiger partial charge in [0.25, 0.3) is 5.91 Å². The number of piperidine rings is 3. The van der Waals surface area contributed by atoms with Gasteiger partial charge < -0.3 is 19.7 Å². The standard InChI is InChI=1S/C22H32N4O3/c1-28-12-3-4-16-5-6-20-18(14-16)21(24-26(20)11-13-29-2)22(27)23-19-15-25-9-7-17(19)8-10-25/h5-6,14,17,19H,3-4,7-13,15H2,1-2H3,(H,23,27)/t19-/m0/s1. The van der Waals surface area contributed by atoms with Crippen LogP contribution in [-0.4, -0.2) is 73.7 Å². The molecule has 2 bridgehead atoms. The predicted molar refractivity (Wildman–Crippen MR) is 112 cm³/mol. The van der Waals surface area contributed by atoms with Gasteiger partial charge in [-0.3, -0.25) is 9.48 Å². The number of methoxy groups -OCH3 is 2. The second-order valence-corrected chi connectivity index (χ2v) is 8.23. The Morgan fingerprint density at radius 2 is 2.00 bits per heavy atom. The first-order valence-corrected chi connectivity index (χ1v) is 10.7. The summed E-state index contributed by atoms with van der Waals surface area (Å²) < 4.78 is 12.3. The van der Waals surface area contributed by atoms with Crippen LogP contribution in [0.2, 0.25) is 0 Å². The first kappa shape index (κ1) is 20.3. The van der Waals surface area contributed by atoms with Gasteiger partial charge >= 0.3 is 0 Å². The molecule has 1 aromatic heterocycles. The van der Waals surface area contributed by atoms with Crippen molar-refractivity contribution in [2.24, 2.45) is 5.92 Å². The van der Waals surface area contributed by atoms with E-state index in [1.807, 2.05) is 4.68 Å². The molecule has 1 amide bonds. The monoisotopic (exact) mass is 400 g/mol. The lowest BCUT2D eigenvalue weighted by Crippen LogP contribution is -2.57. The highest BCUT2D eigenvalue weighted by atomic mass is 16.5. The second kappa shape index (κ2) is 9.24. The van der Waals surface area contributed by atoms with E-state index in [0.717, 1.165) is 50.0 Å². The van der Waals surface area contributed by atoms with Crippen molar-refractivity contribution in [2.45, 2.75) is 38.3 Å². The van der Waals surface area contributed by atoms with Gasteiger partial charge in [0.05, 0.1) is 18.7 Å². The molecule has 4 heterocycles. The minimum absolute atomic E-state index is 0.0565. The Labute approximate surface area is 172 Å². The first-order chi connectivity index (χ1) is 14.2. The number of benzene rings is 1. The molecule has 7 nitrogen and oxygen atoms in total. The van der Waals surface area contributed by atoms with Crippen LogP contribution >= 0.6 is 0 Å². The maximum Gasteiger partial charge on any atom is 0.272 e. The molecule has 7 heteroatoms. The molecule has 0 unspecified atom stereocenters. The third kappa shape index (κ3) is 4.47. The number of aryl methyl sites for hydroxylation is 1. The van der Waals surface area contributed by atoms with Gasteiger partial charge in [0.15, 0.2) is 5.69 Å². The number of nitrogens with one attached hydrogen (secondary N) is 1. The van der Waals surface area contributed by atoms with E-state index in [2.05, 4.69) is 33.5 Å². The zero-order valence-electron chi connectivity index (χ0n) is 17.5. The molecule has 5 rings (SSSR count). The fourth-order valence-corrected chi connectivity index (χ4v) is 4.68. The van der Waals surface area contributed by atoms with E-state index in [1.54, 1.807) is 14.2 Å². The Morgan fingerprint density at radius 3 is 2.69 bits per heavy atom. The van der Waals surface area contributed by atoms with E-state index in [4.69, 9.17) is 9.47 Å². The fraction of sp³-hybridized carbons (Fsp3) is 0.636. The quantitative estimate of drug-likeness (QED) is 0.653. The molecule has 3 saturated heterocycles. The summed E-state index contributed by atoms with van der Waals surface area (Å²) in [5.74, 6) is 0.536. The van der Waals surface area contributed by atoms with Crippen LogP contribution in [0.15, 0.2) is 18.2 Å². The van der Waals surface area contributed by atoms with Crippen LogP contribution in [0, 0.1) is 5.92 Å². The highest BCUT2D eigenvalue weighted by Gasteiger charge is 2.35. The Kier molecular flexibility index (Phi) is 6.47. The van der Waals surface area contributed by atoms with Crippen molar-refractivity contribution in [3.63, 3.8) is 0 Å². The highest BCUT2D eigenvalue weighted by molar-refractivity contribution is 6.05. The highest BCUT2D eigenvalue weighted by Crippen LogP contribution is 2.28. The second-order valence-electron chi connectivity index (χ2n) is 8.23. The zero-order chi connectivity index (χ0) is 20.2. The molecular formula is C22H32N4O3. The number of rotatable bonds is 9. The van der Waals surface area contributed by atoms with Gasteiger partial charge in [-0.15, -0.1) is 0 Å². The molecule has 158 valence electrons. The number of fused-ring (bicyclic) bond motifs is 4. The number of carbonyl (C=O) groups is 1. The molecule has 2 aromatic rings. The van der Waals surface area contributed by atoms with Gasteiger partial charge in [0.1, 0.15) is 0 Å². The lowest BCUT2D eigenvalue weighted by Gasteiger charge is -2.44. The zero-order valence-corrected chi connectivity index (χ0v) is 17.5. The van der Waals surface area contributed by atoms with E-state index < -0.39 is 0 Å². The Hall–Kier alpha value is -1.96. The van der Waals surface area contributed by atoms with E-state index in [1.165, 1.54) is 18.4 Å². The Bertz CT molecular complexity index is 842. The number of carbonyl (C=O) groups excluding carboxylic acids is 1. The Balaban J connectivity index is 1.58. The third-order valence-corrected chi connectivity index (χ3v) is 6.32. The molecule has 0 aliphatic carbocycles. The largest absolute Gasteiger partial charge is 0.385 e. The molecule has 0 spiro atoms. The van der Waals surface area contributed by atoms with Crippen molar-refractivity contribution in [2.75, 3.05) is 47.1 Å². The maximum absolute atomic E-state index is 13.2. The summed E-state index contributed by atoms with van der Waals surface area (Å²) in [5, 5.41) is 8.90. The average Bonchev–Trinajstić information content (AvgIpc) is 3.11. The fourth-order valence-electron chi connectivity index (χ4n) is 4.68. The van der Waals surface area contributed by atoms with Gasteiger partial charge in [0, 0.05) is 38.8 Å². The van der Waals surface area contributed by atoms with Crippen molar-refractivity contribution >= 4 is 16.8 Å². The normalized spacial score (nSPS) is 23.6. The van der Waals surface area contributed by atoms with Crippen molar-refractivity contribution < 1.29 is 14.3 Å². The van der Waals surface area contributed by atoms with Crippen molar-refractivity contribution in [1.82, 2.24) is 20.0 Å². The average molecular weight is 401 g/mol. The van der Waals surface area contributed by atoms with Crippen LogP contribution in [0.1, 0.15) is 35.3 Å². The number of hydrogen-bond donors (Lipinski definition) is 1. The molecule has 3 aliphatic heterocycles. The van der Waals surface area contributed by atoms with E-state index in [-0.39, 0.29) is 11.9 Å². The number of nitrogens with zero attached hydrogens (tertiary/aromatic N) is 3. The number of amides is 1. The summed E-state index contributed by atoms with van der Waals surface area (Å²) in [6, 6.07) is 6.55. The smallest absolute Gasteiger partial charge is 0.272 e. The van der Waals surface area contributed by atoms with Gasteiger partial charge in [-0.2, -0.15) is 5.10 Å². The minimum atomic E-state index is -0.0565. The SMILES string of the molecule is COCCCc1ccc2c(c1)c(C(=O)N[C@H]1CN3CCC1CC3)nn2CCOC.